The molecule has 0 spiro atoms. The van der Waals surface area contributed by atoms with Crippen LogP contribution >= 0.6 is 0 Å². The molecule has 0 aliphatic rings. The maximum absolute atomic E-state index is 10.5. The molecule has 1 atom stereocenters. The van der Waals surface area contributed by atoms with E-state index in [1.165, 1.54) is 0 Å². The van der Waals surface area contributed by atoms with Gasteiger partial charge in [0.2, 0.25) is 0 Å². The van der Waals surface area contributed by atoms with Crippen molar-refractivity contribution in [3.8, 4) is 0 Å². The molecule has 0 aromatic rings. The Morgan fingerprint density at radius 3 is 2.55 bits per heavy atom. The molecule has 0 amide bonds. The van der Waals surface area contributed by atoms with Crippen LogP contribution in [0.5, 0.6) is 0 Å². The van der Waals surface area contributed by atoms with Gasteiger partial charge in [-0.3, -0.25) is 0 Å². The van der Waals surface area contributed by atoms with Gasteiger partial charge in [-0.2, -0.15) is 0 Å². The quantitative estimate of drug-likeness (QED) is 0.639. The fourth-order valence-corrected chi connectivity index (χ4v) is 1.06. The number of aliphatic hydroxyl groups is 1. The lowest BCUT2D eigenvalue weighted by Crippen LogP contribution is -1.99. The third kappa shape index (κ3) is 7.53. The molecule has 0 aliphatic carbocycles. The van der Waals surface area contributed by atoms with Crippen molar-refractivity contribution in [2.75, 3.05) is 6.61 Å². The van der Waals surface area contributed by atoms with Crippen LogP contribution in [0.3, 0.4) is 0 Å². The van der Waals surface area contributed by atoms with Crippen molar-refractivity contribution >= 4 is 5.78 Å². The van der Waals surface area contributed by atoms with Gasteiger partial charge in [0.1, 0.15) is 5.78 Å². The van der Waals surface area contributed by atoms with Gasteiger partial charge in [0, 0.05) is 13.0 Å². The Morgan fingerprint density at radius 2 is 2.09 bits per heavy atom. The van der Waals surface area contributed by atoms with Gasteiger partial charge in [0.15, 0.2) is 0 Å². The zero-order valence-corrected chi connectivity index (χ0v) is 7.47. The molecule has 2 nitrogen and oxygen atoms in total. The highest BCUT2D eigenvalue weighted by molar-refractivity contribution is 5.75. The second-order valence-corrected chi connectivity index (χ2v) is 3.21. The number of carbonyl (C=O) groups is 1. The van der Waals surface area contributed by atoms with E-state index in [0.717, 1.165) is 19.3 Å². The Morgan fingerprint density at radius 1 is 1.45 bits per heavy atom. The van der Waals surface area contributed by atoms with Crippen molar-refractivity contribution in [3.63, 3.8) is 0 Å². The maximum atomic E-state index is 10.5. The smallest absolute Gasteiger partial charge is 0.129 e. The summed E-state index contributed by atoms with van der Waals surface area (Å²) in [6, 6.07) is 0. The average Bonchev–Trinajstić information content (AvgIpc) is 1.87. The minimum absolute atomic E-state index is 0.265. The van der Waals surface area contributed by atoms with E-state index in [-0.39, 0.29) is 12.4 Å². The van der Waals surface area contributed by atoms with E-state index in [1.807, 2.05) is 0 Å². The lowest BCUT2D eigenvalue weighted by molar-refractivity contribution is -0.117. The van der Waals surface area contributed by atoms with Crippen molar-refractivity contribution in [1.82, 2.24) is 0 Å². The highest BCUT2D eigenvalue weighted by atomic mass is 16.3. The van der Waals surface area contributed by atoms with E-state index < -0.39 is 0 Å². The molecule has 0 aromatic heterocycles. The van der Waals surface area contributed by atoms with Crippen LogP contribution in [0.4, 0.5) is 0 Å². The van der Waals surface area contributed by atoms with E-state index in [9.17, 15) is 4.79 Å². The van der Waals surface area contributed by atoms with Crippen molar-refractivity contribution in [2.45, 2.75) is 39.5 Å². The summed E-state index contributed by atoms with van der Waals surface area (Å²) in [7, 11) is 0. The van der Waals surface area contributed by atoms with Crippen molar-refractivity contribution in [1.29, 1.82) is 0 Å². The number of rotatable bonds is 6. The van der Waals surface area contributed by atoms with Gasteiger partial charge < -0.3 is 9.90 Å². The van der Waals surface area contributed by atoms with E-state index in [2.05, 4.69) is 6.92 Å². The van der Waals surface area contributed by atoms with E-state index in [0.29, 0.717) is 12.3 Å². The molecule has 0 saturated heterocycles. The number of Topliss-reactive ketones (excluding diaryl/α,β-unsaturated/α-hetero) is 1. The Kier molecular flexibility index (Phi) is 6.13. The molecule has 11 heavy (non-hydrogen) atoms. The van der Waals surface area contributed by atoms with Gasteiger partial charge in [0.05, 0.1) is 0 Å². The Labute approximate surface area is 68.6 Å². The minimum Gasteiger partial charge on any atom is -0.396 e. The number of hydrogen-bond donors (Lipinski definition) is 1. The first kappa shape index (κ1) is 10.6. The number of ketones is 1. The highest BCUT2D eigenvalue weighted by Crippen LogP contribution is 2.10. The predicted octanol–water partition coefficient (Wildman–Crippen LogP) is 1.76. The van der Waals surface area contributed by atoms with Crippen LogP contribution in [0.2, 0.25) is 0 Å². The number of hydrogen-bond acceptors (Lipinski definition) is 2. The summed E-state index contributed by atoms with van der Waals surface area (Å²) >= 11 is 0. The largest absolute Gasteiger partial charge is 0.396 e. The zero-order chi connectivity index (χ0) is 8.69. The summed E-state index contributed by atoms with van der Waals surface area (Å²) in [6.45, 7) is 3.99. The predicted molar refractivity (Wildman–Crippen MR) is 45.4 cm³/mol. The summed E-state index contributed by atoms with van der Waals surface area (Å²) in [6.07, 6.45) is 3.57. The summed E-state index contributed by atoms with van der Waals surface area (Å²) < 4.78 is 0. The molecule has 2 heteroatoms. The molecule has 1 N–H and O–H groups in total. The lowest BCUT2D eigenvalue weighted by atomic mass is 10.0. The lowest BCUT2D eigenvalue weighted by Gasteiger charge is -2.07. The molecule has 0 heterocycles. The molecule has 0 radical (unpaired) electrons. The van der Waals surface area contributed by atoms with Gasteiger partial charge in [-0.25, -0.2) is 0 Å². The molecule has 0 aromatic carbocycles. The topological polar surface area (TPSA) is 37.3 Å². The van der Waals surface area contributed by atoms with E-state index >= 15 is 0 Å². The summed E-state index contributed by atoms with van der Waals surface area (Å²) in [5, 5.41) is 8.58. The molecule has 0 bridgehead atoms. The Balaban J connectivity index is 3.16. The van der Waals surface area contributed by atoms with Crippen LogP contribution < -0.4 is 0 Å². The Hall–Kier alpha value is -0.370. The van der Waals surface area contributed by atoms with Crippen molar-refractivity contribution < 1.29 is 9.90 Å². The van der Waals surface area contributed by atoms with Gasteiger partial charge in [-0.1, -0.05) is 13.3 Å². The maximum Gasteiger partial charge on any atom is 0.129 e. The van der Waals surface area contributed by atoms with Crippen LogP contribution in [0.1, 0.15) is 39.5 Å². The first-order chi connectivity index (χ1) is 5.16. The third-order valence-electron chi connectivity index (χ3n) is 1.85. The third-order valence-corrected chi connectivity index (χ3v) is 1.85. The van der Waals surface area contributed by atoms with Crippen molar-refractivity contribution in [3.05, 3.63) is 0 Å². The minimum atomic E-state index is 0.265. The normalized spacial score (nSPS) is 13.0. The molecule has 0 fully saturated rings. The first-order valence-electron chi connectivity index (χ1n) is 4.27. The second kappa shape index (κ2) is 6.35. The molecule has 0 rings (SSSR count). The highest BCUT2D eigenvalue weighted by Gasteiger charge is 2.01. The summed E-state index contributed by atoms with van der Waals surface area (Å²) in [4.78, 5) is 10.5. The fraction of sp³-hybridized carbons (Fsp3) is 0.889. The summed E-state index contributed by atoms with van der Waals surface area (Å²) in [5.41, 5.74) is 0. The molecule has 0 unspecified atom stereocenters. The fourth-order valence-electron chi connectivity index (χ4n) is 1.06. The standard InChI is InChI=1S/C9H18O2/c1-8(6-7-10)4-3-5-9(2)11/h8,10H,3-7H2,1-2H3/t8-/m0/s1. The van der Waals surface area contributed by atoms with Crippen LogP contribution in [0.15, 0.2) is 0 Å². The molecule has 0 saturated carbocycles. The Bertz CT molecular complexity index is 110. The average molecular weight is 158 g/mol. The SMILES string of the molecule is CC(=O)CCC[C@H](C)CCO. The number of aliphatic hydroxyl groups excluding tert-OH is 1. The van der Waals surface area contributed by atoms with Crippen LogP contribution in [0, 0.1) is 5.92 Å². The van der Waals surface area contributed by atoms with Crippen LogP contribution in [-0.2, 0) is 4.79 Å². The molecule has 66 valence electrons. The molecule has 0 aliphatic heterocycles. The second-order valence-electron chi connectivity index (χ2n) is 3.21. The summed E-state index contributed by atoms with van der Waals surface area (Å²) in [5.74, 6) is 0.820. The van der Waals surface area contributed by atoms with E-state index in [4.69, 9.17) is 5.11 Å². The van der Waals surface area contributed by atoms with E-state index in [1.54, 1.807) is 6.92 Å². The van der Waals surface area contributed by atoms with Gasteiger partial charge in [0.25, 0.3) is 0 Å². The molecular weight excluding hydrogens is 140 g/mol. The van der Waals surface area contributed by atoms with Gasteiger partial charge in [-0.15, -0.1) is 0 Å². The monoisotopic (exact) mass is 158 g/mol. The van der Waals surface area contributed by atoms with Crippen molar-refractivity contribution in [2.24, 2.45) is 5.92 Å². The molecular formula is C9H18O2. The van der Waals surface area contributed by atoms with Crippen LogP contribution in [0.25, 0.3) is 0 Å². The van der Waals surface area contributed by atoms with Crippen LogP contribution in [-0.4, -0.2) is 17.5 Å². The number of carbonyl (C=O) groups excluding carboxylic acids is 1. The zero-order valence-electron chi connectivity index (χ0n) is 7.47. The van der Waals surface area contributed by atoms with Gasteiger partial charge >= 0.3 is 0 Å². The van der Waals surface area contributed by atoms with Gasteiger partial charge in [-0.05, 0) is 25.7 Å². The first-order valence-corrected chi connectivity index (χ1v) is 4.27.